The number of carbonyl (C=O) groups excluding carboxylic acids is 3. The van der Waals surface area contributed by atoms with Gasteiger partial charge in [-0.1, -0.05) is 12.1 Å². The average Bonchev–Trinajstić information content (AvgIpc) is 2.46. The lowest BCUT2D eigenvalue weighted by Crippen LogP contribution is -2.53. The first-order valence-corrected chi connectivity index (χ1v) is 6.55. The predicted molar refractivity (Wildman–Crippen MR) is 76.2 cm³/mol. The Morgan fingerprint density at radius 2 is 2.14 bits per heavy atom. The number of hydrogen-bond donors (Lipinski definition) is 2. The van der Waals surface area contributed by atoms with Crippen molar-refractivity contribution < 1.29 is 19.1 Å². The summed E-state index contributed by atoms with van der Waals surface area (Å²) in [5.41, 5.74) is 3.54. The molecule has 0 saturated carbocycles. The number of nitrogens with zero attached hydrogens (tertiary/aromatic N) is 1. The van der Waals surface area contributed by atoms with Crippen LogP contribution in [0.2, 0.25) is 0 Å². The van der Waals surface area contributed by atoms with E-state index in [-0.39, 0.29) is 11.4 Å². The number of benzene rings is 1. The highest BCUT2D eigenvalue weighted by molar-refractivity contribution is 6.17. The molecule has 0 bridgehead atoms. The zero-order valence-corrected chi connectivity index (χ0v) is 12.4. The van der Waals surface area contributed by atoms with Gasteiger partial charge in [-0.05, 0) is 17.7 Å². The molecule has 0 aliphatic heterocycles. The predicted octanol–water partition coefficient (Wildman–Crippen LogP) is 0.247. The van der Waals surface area contributed by atoms with Gasteiger partial charge in [-0.3, -0.25) is 4.79 Å². The summed E-state index contributed by atoms with van der Waals surface area (Å²) >= 11 is 5.67. The quantitative estimate of drug-likeness (QED) is 0.187. The monoisotopic (exact) mass is 313 g/mol. The largest absolute Gasteiger partial charge is 0.387 e. The summed E-state index contributed by atoms with van der Waals surface area (Å²) in [4.78, 5) is 34.2. The molecule has 1 amide bonds. The van der Waals surface area contributed by atoms with Crippen molar-refractivity contribution in [2.24, 2.45) is 0 Å². The minimum atomic E-state index is -1.15. The molecule has 114 valence electrons. The number of alkyl halides is 1. The van der Waals surface area contributed by atoms with Crippen LogP contribution < -0.4 is 10.7 Å². The number of hydrogen-bond acceptors (Lipinski definition) is 6. The highest BCUT2D eigenvalue weighted by Gasteiger charge is 2.23. The molecule has 1 aromatic rings. The van der Waals surface area contributed by atoms with Gasteiger partial charge in [0.2, 0.25) is 6.41 Å². The summed E-state index contributed by atoms with van der Waals surface area (Å²) in [5.74, 6) is -1.49. The zero-order chi connectivity index (χ0) is 15.8. The number of esters is 2. The van der Waals surface area contributed by atoms with Crippen LogP contribution >= 0.6 is 11.6 Å². The molecule has 0 spiro atoms. The molecular weight excluding hydrogens is 298 g/mol. The van der Waals surface area contributed by atoms with E-state index < -0.39 is 18.1 Å². The lowest BCUT2D eigenvalue weighted by Gasteiger charge is -2.20. The molecule has 0 aliphatic carbocycles. The fraction of sp³-hybridized carbons (Fsp3) is 0.308. The van der Waals surface area contributed by atoms with Crippen LogP contribution in [-0.4, -0.2) is 43.6 Å². The van der Waals surface area contributed by atoms with Gasteiger partial charge >= 0.3 is 11.9 Å². The maximum atomic E-state index is 11.9. The molecule has 0 heterocycles. The van der Waals surface area contributed by atoms with Gasteiger partial charge in [-0.25, -0.2) is 20.0 Å². The van der Waals surface area contributed by atoms with E-state index >= 15 is 0 Å². The van der Waals surface area contributed by atoms with Crippen LogP contribution in [0.4, 0.5) is 0 Å². The van der Waals surface area contributed by atoms with Gasteiger partial charge in [0, 0.05) is 20.0 Å². The van der Waals surface area contributed by atoms with Gasteiger partial charge < -0.3 is 10.1 Å². The molecule has 1 aromatic carbocycles. The van der Waals surface area contributed by atoms with Crippen molar-refractivity contribution in [3.8, 4) is 0 Å². The minimum Gasteiger partial charge on any atom is -0.387 e. The van der Waals surface area contributed by atoms with E-state index in [4.69, 9.17) is 16.3 Å². The van der Waals surface area contributed by atoms with E-state index in [1.165, 1.54) is 17.1 Å². The number of halogens is 1. The average molecular weight is 314 g/mol. The van der Waals surface area contributed by atoms with Crippen LogP contribution in [0.5, 0.6) is 0 Å². The summed E-state index contributed by atoms with van der Waals surface area (Å²) in [5, 5.41) is 3.66. The van der Waals surface area contributed by atoms with Crippen molar-refractivity contribution in [3.05, 3.63) is 35.4 Å². The molecule has 2 N–H and O–H groups in total. The molecule has 0 saturated heterocycles. The minimum absolute atomic E-state index is 0.205. The van der Waals surface area contributed by atoms with Crippen LogP contribution in [0.15, 0.2) is 24.3 Å². The second kappa shape index (κ2) is 8.35. The van der Waals surface area contributed by atoms with Crippen LogP contribution in [0.3, 0.4) is 0 Å². The zero-order valence-electron chi connectivity index (χ0n) is 11.6. The highest BCUT2D eigenvalue weighted by Crippen LogP contribution is 2.09. The first-order chi connectivity index (χ1) is 9.97. The molecule has 1 unspecified atom stereocenters. The highest BCUT2D eigenvalue weighted by atomic mass is 35.5. The summed E-state index contributed by atoms with van der Waals surface area (Å²) in [6.45, 7) is 0. The Balaban J connectivity index is 2.74. The first-order valence-electron chi connectivity index (χ1n) is 6.02. The third kappa shape index (κ3) is 5.50. The number of rotatable bonds is 7. The van der Waals surface area contributed by atoms with E-state index in [1.54, 1.807) is 26.2 Å². The van der Waals surface area contributed by atoms with E-state index in [0.717, 1.165) is 5.56 Å². The van der Waals surface area contributed by atoms with Crippen LogP contribution in [-0.2, 0) is 20.2 Å². The molecule has 8 heteroatoms. The van der Waals surface area contributed by atoms with Gasteiger partial charge in [-0.15, -0.1) is 11.6 Å². The van der Waals surface area contributed by atoms with E-state index in [0.29, 0.717) is 6.41 Å². The third-order valence-corrected chi connectivity index (χ3v) is 2.68. The molecule has 1 rings (SSSR count). The topological polar surface area (TPSA) is 87.7 Å². The smallest absolute Gasteiger partial charge is 0.353 e. The Morgan fingerprint density at radius 3 is 2.71 bits per heavy atom. The number of ether oxygens (including phenoxy) is 1. The molecule has 0 aromatic heterocycles. The van der Waals surface area contributed by atoms with Crippen molar-refractivity contribution in [1.82, 2.24) is 15.8 Å². The van der Waals surface area contributed by atoms with E-state index in [1.807, 2.05) is 0 Å². The van der Waals surface area contributed by atoms with Crippen LogP contribution in [0.25, 0.3) is 0 Å². The lowest BCUT2D eigenvalue weighted by atomic mass is 10.1. The number of nitrogens with one attached hydrogen (secondary N) is 2. The standard InChI is InChI=1S/C13H16ClN3O4/c1-17(2)16-11(15-8-18)13(20)21-12(19)10-5-3-4-9(6-10)7-14/h3-6,8,11,16H,7H2,1-2H3,(H,15,18). The van der Waals surface area contributed by atoms with Crippen molar-refractivity contribution in [1.29, 1.82) is 0 Å². The summed E-state index contributed by atoms with van der Waals surface area (Å²) in [6, 6.07) is 6.42. The fourth-order valence-corrected chi connectivity index (χ4v) is 1.64. The lowest BCUT2D eigenvalue weighted by molar-refractivity contribution is -0.143. The molecule has 0 fully saturated rings. The summed E-state index contributed by atoms with van der Waals surface area (Å²) in [6.07, 6.45) is -0.821. The second-order valence-corrected chi connectivity index (χ2v) is 4.55. The number of carbonyl (C=O) groups is 3. The van der Waals surface area contributed by atoms with Crippen LogP contribution in [0, 0.1) is 0 Å². The fourth-order valence-electron chi connectivity index (χ4n) is 1.47. The molecule has 21 heavy (non-hydrogen) atoms. The summed E-state index contributed by atoms with van der Waals surface area (Å²) < 4.78 is 4.72. The number of hydrazine groups is 1. The summed E-state index contributed by atoms with van der Waals surface area (Å²) in [7, 11) is 3.25. The van der Waals surface area contributed by atoms with Crippen LogP contribution in [0.1, 0.15) is 15.9 Å². The van der Waals surface area contributed by atoms with Gasteiger partial charge in [0.05, 0.1) is 5.56 Å². The third-order valence-electron chi connectivity index (χ3n) is 2.37. The second-order valence-electron chi connectivity index (χ2n) is 4.28. The maximum absolute atomic E-state index is 11.9. The first kappa shape index (κ1) is 17.1. The Kier molecular flexibility index (Phi) is 6.80. The SMILES string of the molecule is CN(C)NC(NC=O)C(=O)OC(=O)c1cccc(CCl)c1. The Labute approximate surface area is 127 Å². The van der Waals surface area contributed by atoms with Crippen molar-refractivity contribution in [2.45, 2.75) is 12.0 Å². The van der Waals surface area contributed by atoms with Gasteiger partial charge in [0.15, 0.2) is 6.17 Å². The molecule has 0 aliphatic rings. The molecule has 0 radical (unpaired) electrons. The number of amides is 1. The van der Waals surface area contributed by atoms with Gasteiger partial charge in [0.25, 0.3) is 0 Å². The normalized spacial score (nSPS) is 11.8. The molecular formula is C13H16ClN3O4. The Bertz CT molecular complexity index is 522. The molecule has 7 nitrogen and oxygen atoms in total. The van der Waals surface area contributed by atoms with Crippen molar-refractivity contribution in [3.63, 3.8) is 0 Å². The van der Waals surface area contributed by atoms with Gasteiger partial charge in [0.1, 0.15) is 0 Å². The molecule has 1 atom stereocenters. The Hall–Kier alpha value is -1.96. The van der Waals surface area contributed by atoms with E-state index in [2.05, 4.69) is 10.7 Å². The maximum Gasteiger partial charge on any atom is 0.353 e. The van der Waals surface area contributed by atoms with E-state index in [9.17, 15) is 14.4 Å². The van der Waals surface area contributed by atoms with Crippen molar-refractivity contribution in [2.75, 3.05) is 14.1 Å². The van der Waals surface area contributed by atoms with Crippen molar-refractivity contribution >= 4 is 29.9 Å². The van der Waals surface area contributed by atoms with Gasteiger partial charge in [-0.2, -0.15) is 0 Å². The Morgan fingerprint density at radius 1 is 1.43 bits per heavy atom.